The first-order valence-corrected chi connectivity index (χ1v) is 13.2. The van der Waals surface area contributed by atoms with E-state index >= 15 is 4.39 Å². The van der Waals surface area contributed by atoms with Crippen LogP contribution in [0.4, 0.5) is 4.39 Å². The number of rotatable bonds is 11. The number of carbonyl (C=O) groups excluding carboxylic acids is 1. The molecule has 38 heavy (non-hydrogen) atoms. The molecule has 9 heteroatoms. The Kier molecular flexibility index (Phi) is 9.05. The number of nitrogens with zero attached hydrogens (tertiary/aromatic N) is 1. The van der Waals surface area contributed by atoms with Crippen molar-refractivity contribution in [3.8, 4) is 16.9 Å². The lowest BCUT2D eigenvalue weighted by Crippen LogP contribution is -2.66. The number of aliphatic hydroxyl groups excluding tert-OH is 1. The molecule has 1 aliphatic heterocycles. The Morgan fingerprint density at radius 1 is 1.24 bits per heavy atom. The SMILES string of the molecule is COCCCC[C@](O)(c1cccc(F)c1-c1cccc(OC)c1)[C@@]1([C@H]2C[C@@H](N)[C@@H](O)C2)CN(C=O)CCO1. The van der Waals surface area contributed by atoms with Gasteiger partial charge in [-0.2, -0.15) is 0 Å². The van der Waals surface area contributed by atoms with Gasteiger partial charge in [-0.3, -0.25) is 4.79 Å². The van der Waals surface area contributed by atoms with Gasteiger partial charge < -0.3 is 35.1 Å². The summed E-state index contributed by atoms with van der Waals surface area (Å²) in [6, 6.07) is 11.2. The molecule has 1 amide bonds. The largest absolute Gasteiger partial charge is 0.497 e. The van der Waals surface area contributed by atoms with Crippen LogP contribution in [0.25, 0.3) is 11.1 Å². The number of hydrogen-bond acceptors (Lipinski definition) is 7. The number of halogens is 1. The highest BCUT2D eigenvalue weighted by atomic mass is 19.1. The maximum Gasteiger partial charge on any atom is 0.209 e. The van der Waals surface area contributed by atoms with Crippen LogP contribution in [0.15, 0.2) is 42.5 Å². The number of benzene rings is 2. The number of aliphatic hydroxyl groups is 2. The fourth-order valence-electron chi connectivity index (χ4n) is 6.27. The molecule has 4 N–H and O–H groups in total. The van der Waals surface area contributed by atoms with Gasteiger partial charge in [0.25, 0.3) is 0 Å². The van der Waals surface area contributed by atoms with E-state index in [9.17, 15) is 15.0 Å². The summed E-state index contributed by atoms with van der Waals surface area (Å²) in [5, 5.41) is 23.6. The average Bonchev–Trinajstić information content (AvgIpc) is 3.28. The first kappa shape index (κ1) is 28.4. The molecule has 1 saturated carbocycles. The number of morpholine rings is 1. The summed E-state index contributed by atoms with van der Waals surface area (Å²) < 4.78 is 32.9. The molecule has 2 aliphatic rings. The van der Waals surface area contributed by atoms with Crippen LogP contribution in [0.3, 0.4) is 0 Å². The first-order valence-electron chi connectivity index (χ1n) is 13.2. The minimum atomic E-state index is -1.72. The van der Waals surface area contributed by atoms with E-state index in [1.54, 1.807) is 55.5 Å². The van der Waals surface area contributed by atoms with E-state index in [4.69, 9.17) is 19.9 Å². The molecule has 0 radical (unpaired) electrons. The molecular formula is C29H39FN2O6. The van der Waals surface area contributed by atoms with Crippen molar-refractivity contribution in [2.45, 2.75) is 55.5 Å². The second-order valence-corrected chi connectivity index (χ2v) is 10.4. The van der Waals surface area contributed by atoms with Crippen LogP contribution in [0.1, 0.15) is 37.7 Å². The van der Waals surface area contributed by atoms with Crippen molar-refractivity contribution in [1.29, 1.82) is 0 Å². The normalized spacial score (nSPS) is 27.2. The van der Waals surface area contributed by atoms with Gasteiger partial charge in [-0.25, -0.2) is 4.39 Å². The lowest BCUT2D eigenvalue weighted by Gasteiger charge is -2.55. The van der Waals surface area contributed by atoms with E-state index < -0.39 is 29.2 Å². The van der Waals surface area contributed by atoms with Gasteiger partial charge in [0.2, 0.25) is 6.41 Å². The quantitative estimate of drug-likeness (QED) is 0.302. The zero-order chi connectivity index (χ0) is 27.3. The van der Waals surface area contributed by atoms with Crippen molar-refractivity contribution in [2.24, 2.45) is 11.7 Å². The maximum absolute atomic E-state index is 15.7. The molecule has 2 aromatic rings. The van der Waals surface area contributed by atoms with Gasteiger partial charge in [-0.1, -0.05) is 24.3 Å². The Labute approximate surface area is 223 Å². The first-order chi connectivity index (χ1) is 18.3. The standard InChI is InChI=1S/C29H39FN2O6/c1-36-13-4-3-11-28(35,23-9-6-10-24(30)27(23)20-7-5-8-22(15-20)37-2)29(18-32(19-33)12-14-38-29)21-16-25(31)26(34)17-21/h5-10,15,19,21,25-26,34-35H,3-4,11-14,16-18,31H2,1-2H3/t21-,25+,26-,28-,29-/m0/s1. The zero-order valence-corrected chi connectivity index (χ0v) is 22.1. The number of nitrogens with two attached hydrogens (primary N) is 1. The molecule has 208 valence electrons. The molecule has 4 rings (SSSR count). The molecule has 8 nitrogen and oxygen atoms in total. The molecular weight excluding hydrogens is 491 g/mol. The van der Waals surface area contributed by atoms with Gasteiger partial charge in [0, 0.05) is 31.9 Å². The van der Waals surface area contributed by atoms with Gasteiger partial charge in [0.1, 0.15) is 22.8 Å². The van der Waals surface area contributed by atoms with Crippen LogP contribution in [0.2, 0.25) is 0 Å². The highest BCUT2D eigenvalue weighted by molar-refractivity contribution is 5.71. The third-order valence-electron chi connectivity index (χ3n) is 8.22. The molecule has 1 saturated heterocycles. The Bertz CT molecular complexity index is 1090. The summed E-state index contributed by atoms with van der Waals surface area (Å²) in [6.45, 7) is 1.17. The van der Waals surface area contributed by atoms with Crippen LogP contribution >= 0.6 is 0 Å². The Morgan fingerprint density at radius 2 is 2.03 bits per heavy atom. The van der Waals surface area contributed by atoms with Crippen molar-refractivity contribution in [1.82, 2.24) is 4.90 Å². The highest BCUT2D eigenvalue weighted by Gasteiger charge is 2.61. The molecule has 2 fully saturated rings. The Hall–Kier alpha value is -2.56. The molecule has 2 aromatic carbocycles. The van der Waals surface area contributed by atoms with Crippen molar-refractivity contribution in [3.05, 3.63) is 53.8 Å². The van der Waals surface area contributed by atoms with Gasteiger partial charge in [-0.15, -0.1) is 0 Å². The molecule has 0 spiro atoms. The molecule has 1 aliphatic carbocycles. The van der Waals surface area contributed by atoms with E-state index in [1.807, 2.05) is 0 Å². The topological polar surface area (TPSA) is 114 Å². The second kappa shape index (κ2) is 12.1. The smallest absolute Gasteiger partial charge is 0.209 e. The molecule has 0 bridgehead atoms. The predicted octanol–water partition coefficient (Wildman–Crippen LogP) is 2.83. The number of ether oxygens (including phenoxy) is 3. The van der Waals surface area contributed by atoms with Crippen LogP contribution in [0, 0.1) is 11.7 Å². The third kappa shape index (κ3) is 5.31. The van der Waals surface area contributed by atoms with Crippen molar-refractivity contribution >= 4 is 6.41 Å². The number of methoxy groups -OCH3 is 2. The molecule has 1 heterocycles. The minimum Gasteiger partial charge on any atom is -0.497 e. The Balaban J connectivity index is 1.93. The van der Waals surface area contributed by atoms with Crippen LogP contribution < -0.4 is 10.5 Å². The Morgan fingerprint density at radius 3 is 2.71 bits per heavy atom. The van der Waals surface area contributed by atoms with Crippen LogP contribution in [-0.4, -0.2) is 79.8 Å². The summed E-state index contributed by atoms with van der Waals surface area (Å²) in [5.41, 5.74) is 4.35. The van der Waals surface area contributed by atoms with Crippen molar-refractivity contribution in [3.63, 3.8) is 0 Å². The van der Waals surface area contributed by atoms with Gasteiger partial charge in [-0.05, 0) is 67.3 Å². The van der Waals surface area contributed by atoms with E-state index in [0.717, 1.165) is 6.41 Å². The van der Waals surface area contributed by atoms with E-state index in [1.165, 1.54) is 6.07 Å². The van der Waals surface area contributed by atoms with Gasteiger partial charge in [0.15, 0.2) is 0 Å². The highest BCUT2D eigenvalue weighted by Crippen LogP contribution is 2.53. The zero-order valence-electron chi connectivity index (χ0n) is 22.1. The van der Waals surface area contributed by atoms with Crippen molar-refractivity contribution < 1.29 is 33.6 Å². The number of hydrogen-bond donors (Lipinski definition) is 3. The van der Waals surface area contributed by atoms with Crippen LogP contribution in [-0.2, 0) is 19.9 Å². The van der Waals surface area contributed by atoms with E-state index in [0.29, 0.717) is 55.7 Å². The summed E-state index contributed by atoms with van der Waals surface area (Å²) >= 11 is 0. The molecule has 0 aromatic heterocycles. The lowest BCUT2D eigenvalue weighted by atomic mass is 9.65. The van der Waals surface area contributed by atoms with E-state index in [2.05, 4.69) is 0 Å². The van der Waals surface area contributed by atoms with E-state index in [-0.39, 0.29) is 31.1 Å². The number of amides is 1. The maximum atomic E-state index is 15.7. The summed E-state index contributed by atoms with van der Waals surface area (Å²) in [4.78, 5) is 13.6. The second-order valence-electron chi connectivity index (χ2n) is 10.4. The average molecular weight is 531 g/mol. The summed E-state index contributed by atoms with van der Waals surface area (Å²) in [7, 11) is 3.16. The number of carbonyl (C=O) groups is 1. The van der Waals surface area contributed by atoms with Crippen molar-refractivity contribution in [2.75, 3.05) is 40.5 Å². The third-order valence-corrected chi connectivity index (χ3v) is 8.22. The predicted molar refractivity (Wildman–Crippen MR) is 141 cm³/mol. The van der Waals surface area contributed by atoms with Gasteiger partial charge in [0.05, 0.1) is 26.4 Å². The van der Waals surface area contributed by atoms with Gasteiger partial charge >= 0.3 is 0 Å². The monoisotopic (exact) mass is 530 g/mol. The fraction of sp³-hybridized carbons (Fsp3) is 0.552. The minimum absolute atomic E-state index is 0.0927. The summed E-state index contributed by atoms with van der Waals surface area (Å²) in [5.74, 6) is -0.308. The fourth-order valence-corrected chi connectivity index (χ4v) is 6.27. The summed E-state index contributed by atoms with van der Waals surface area (Å²) in [6.07, 6.45) is 2.15. The molecule has 0 unspecified atom stereocenters. The van der Waals surface area contributed by atoms with Crippen LogP contribution in [0.5, 0.6) is 5.75 Å². The molecule has 5 atom stereocenters. The lowest BCUT2D eigenvalue weighted by molar-refractivity contribution is -0.246. The number of unbranched alkanes of at least 4 members (excludes halogenated alkanes) is 1.